The summed E-state index contributed by atoms with van der Waals surface area (Å²) in [6, 6.07) is 25.0. The van der Waals surface area contributed by atoms with Gasteiger partial charge < -0.3 is 4.74 Å². The Morgan fingerprint density at radius 2 is 1.41 bits per heavy atom. The Morgan fingerprint density at radius 3 is 2.03 bits per heavy atom. The smallest absolute Gasteiger partial charge is 0.196 e. The first kappa shape index (κ1) is 19.3. The molecule has 3 aromatic carbocycles. The summed E-state index contributed by atoms with van der Waals surface area (Å²) in [5.41, 5.74) is 5.81. The van der Waals surface area contributed by atoms with Gasteiger partial charge in [-0.25, -0.2) is 0 Å². The van der Waals surface area contributed by atoms with Crippen LogP contribution in [-0.4, -0.2) is 21.9 Å². The van der Waals surface area contributed by atoms with Crippen LogP contribution in [-0.2, 0) is 5.75 Å². The molecule has 0 aliphatic heterocycles. The molecule has 0 atom stereocenters. The van der Waals surface area contributed by atoms with Gasteiger partial charge in [-0.1, -0.05) is 59.3 Å². The van der Waals surface area contributed by atoms with E-state index in [1.807, 2.05) is 24.3 Å². The maximum atomic E-state index is 5.29. The maximum absolute atomic E-state index is 5.29. The van der Waals surface area contributed by atoms with Gasteiger partial charge >= 0.3 is 0 Å². The highest BCUT2D eigenvalue weighted by molar-refractivity contribution is 7.98. The van der Waals surface area contributed by atoms with Gasteiger partial charge in [0.25, 0.3) is 0 Å². The highest BCUT2D eigenvalue weighted by atomic mass is 32.2. The number of aromatic nitrogens is 3. The quantitative estimate of drug-likeness (QED) is 0.380. The van der Waals surface area contributed by atoms with E-state index in [1.54, 1.807) is 18.9 Å². The number of aryl methyl sites for hydroxylation is 2. The maximum Gasteiger partial charge on any atom is 0.196 e. The minimum Gasteiger partial charge on any atom is -0.497 e. The van der Waals surface area contributed by atoms with Crippen LogP contribution in [0.2, 0.25) is 0 Å². The molecule has 4 rings (SSSR count). The Labute approximate surface area is 175 Å². The molecule has 0 aliphatic rings. The van der Waals surface area contributed by atoms with E-state index in [-0.39, 0.29) is 0 Å². The van der Waals surface area contributed by atoms with Crippen molar-refractivity contribution in [2.75, 3.05) is 7.11 Å². The molecule has 0 amide bonds. The van der Waals surface area contributed by atoms with Crippen molar-refractivity contribution in [2.45, 2.75) is 24.8 Å². The lowest BCUT2D eigenvalue weighted by Crippen LogP contribution is -2.00. The third kappa shape index (κ3) is 4.35. The van der Waals surface area contributed by atoms with E-state index in [0.717, 1.165) is 33.7 Å². The zero-order valence-corrected chi connectivity index (χ0v) is 17.6. The van der Waals surface area contributed by atoms with E-state index in [1.165, 1.54) is 16.7 Å². The molecule has 0 saturated heterocycles. The Kier molecular flexibility index (Phi) is 5.67. The molecule has 0 N–H and O–H groups in total. The predicted molar refractivity (Wildman–Crippen MR) is 119 cm³/mol. The number of ether oxygens (including phenoxy) is 1. The van der Waals surface area contributed by atoms with Gasteiger partial charge in [-0.3, -0.25) is 4.57 Å². The molecular formula is C24H23N3OS. The molecule has 0 saturated carbocycles. The molecule has 0 bridgehead atoms. The number of hydrogen-bond donors (Lipinski definition) is 0. The zero-order valence-electron chi connectivity index (χ0n) is 16.8. The zero-order chi connectivity index (χ0) is 20.2. The second-order valence-electron chi connectivity index (χ2n) is 6.98. The first-order valence-electron chi connectivity index (χ1n) is 9.49. The Balaban J connectivity index is 1.71. The standard InChI is InChI=1S/C24H23N3OS/c1-17-4-8-19(9-5-17)16-29-24-26-25-23(20-10-14-22(28-3)15-11-20)27(24)21-12-6-18(2)7-13-21/h4-15H,16H2,1-3H3. The minimum atomic E-state index is 0.822. The van der Waals surface area contributed by atoms with Crippen LogP contribution < -0.4 is 4.74 Å². The number of hydrogen-bond acceptors (Lipinski definition) is 4. The SMILES string of the molecule is COc1ccc(-c2nnc(SCc3ccc(C)cc3)n2-c2ccc(C)cc2)cc1. The number of rotatable bonds is 6. The summed E-state index contributed by atoms with van der Waals surface area (Å²) >= 11 is 1.69. The van der Waals surface area contributed by atoms with Gasteiger partial charge in [0, 0.05) is 17.0 Å². The predicted octanol–water partition coefficient (Wildman–Crippen LogP) is 5.85. The second-order valence-corrected chi connectivity index (χ2v) is 7.92. The molecule has 4 nitrogen and oxygen atoms in total. The first-order chi connectivity index (χ1) is 14.1. The molecule has 5 heteroatoms. The summed E-state index contributed by atoms with van der Waals surface area (Å²) in [7, 11) is 1.67. The van der Waals surface area contributed by atoms with Gasteiger partial charge in [-0.05, 0) is 55.8 Å². The van der Waals surface area contributed by atoms with Crippen molar-refractivity contribution in [3.8, 4) is 22.8 Å². The average molecular weight is 402 g/mol. The van der Waals surface area contributed by atoms with E-state index < -0.39 is 0 Å². The molecule has 4 aromatic rings. The van der Waals surface area contributed by atoms with Gasteiger partial charge in [-0.2, -0.15) is 0 Å². The lowest BCUT2D eigenvalue weighted by Gasteiger charge is -2.11. The third-order valence-corrected chi connectivity index (χ3v) is 5.76. The van der Waals surface area contributed by atoms with Gasteiger partial charge in [0.1, 0.15) is 5.75 Å². The van der Waals surface area contributed by atoms with E-state index in [2.05, 4.69) is 77.1 Å². The first-order valence-corrected chi connectivity index (χ1v) is 10.5. The van der Waals surface area contributed by atoms with Crippen LogP contribution >= 0.6 is 11.8 Å². The number of benzene rings is 3. The van der Waals surface area contributed by atoms with Crippen LogP contribution in [0.3, 0.4) is 0 Å². The van der Waals surface area contributed by atoms with Crippen LogP contribution in [0.5, 0.6) is 5.75 Å². The van der Waals surface area contributed by atoms with Crippen LogP contribution in [0.25, 0.3) is 17.1 Å². The van der Waals surface area contributed by atoms with Crippen molar-refractivity contribution in [3.05, 3.63) is 89.5 Å². The highest BCUT2D eigenvalue weighted by Gasteiger charge is 2.16. The average Bonchev–Trinajstić information content (AvgIpc) is 3.18. The van der Waals surface area contributed by atoms with Crippen molar-refractivity contribution in [2.24, 2.45) is 0 Å². The van der Waals surface area contributed by atoms with Gasteiger partial charge in [0.2, 0.25) is 0 Å². The van der Waals surface area contributed by atoms with Crippen molar-refractivity contribution < 1.29 is 4.74 Å². The number of thioether (sulfide) groups is 1. The van der Waals surface area contributed by atoms with E-state index in [0.29, 0.717) is 0 Å². The van der Waals surface area contributed by atoms with Crippen molar-refractivity contribution >= 4 is 11.8 Å². The summed E-state index contributed by atoms with van der Waals surface area (Å²) in [4.78, 5) is 0. The molecule has 1 aromatic heterocycles. The normalized spacial score (nSPS) is 10.9. The summed E-state index contributed by atoms with van der Waals surface area (Å²) < 4.78 is 7.41. The monoisotopic (exact) mass is 401 g/mol. The van der Waals surface area contributed by atoms with Crippen molar-refractivity contribution in [1.29, 1.82) is 0 Å². The number of nitrogens with zero attached hydrogens (tertiary/aromatic N) is 3. The lowest BCUT2D eigenvalue weighted by atomic mass is 10.2. The Bertz CT molecular complexity index is 1080. The fourth-order valence-electron chi connectivity index (χ4n) is 3.05. The summed E-state index contributed by atoms with van der Waals surface area (Å²) in [5.74, 6) is 2.49. The molecule has 0 unspecified atom stereocenters. The fourth-order valence-corrected chi connectivity index (χ4v) is 3.96. The molecule has 1 heterocycles. The van der Waals surface area contributed by atoms with Gasteiger partial charge in [-0.15, -0.1) is 10.2 Å². The second kappa shape index (κ2) is 8.53. The van der Waals surface area contributed by atoms with E-state index in [9.17, 15) is 0 Å². The molecule has 146 valence electrons. The molecule has 0 fully saturated rings. The van der Waals surface area contributed by atoms with E-state index in [4.69, 9.17) is 4.74 Å². The Morgan fingerprint density at radius 1 is 0.793 bits per heavy atom. The largest absolute Gasteiger partial charge is 0.497 e. The van der Waals surface area contributed by atoms with Gasteiger partial charge in [0.15, 0.2) is 11.0 Å². The van der Waals surface area contributed by atoms with Crippen molar-refractivity contribution in [1.82, 2.24) is 14.8 Å². The summed E-state index contributed by atoms with van der Waals surface area (Å²) in [5, 5.41) is 9.90. The van der Waals surface area contributed by atoms with Crippen LogP contribution in [0.4, 0.5) is 0 Å². The molecule has 29 heavy (non-hydrogen) atoms. The van der Waals surface area contributed by atoms with Crippen LogP contribution in [0.15, 0.2) is 78.0 Å². The molecule has 0 spiro atoms. The highest BCUT2D eigenvalue weighted by Crippen LogP contribution is 2.30. The molecular weight excluding hydrogens is 378 g/mol. The van der Waals surface area contributed by atoms with Crippen LogP contribution in [0.1, 0.15) is 16.7 Å². The molecule has 0 aliphatic carbocycles. The minimum absolute atomic E-state index is 0.822. The van der Waals surface area contributed by atoms with E-state index >= 15 is 0 Å². The summed E-state index contributed by atoms with van der Waals surface area (Å²) in [6.07, 6.45) is 0. The van der Waals surface area contributed by atoms with Crippen molar-refractivity contribution in [3.63, 3.8) is 0 Å². The summed E-state index contributed by atoms with van der Waals surface area (Å²) in [6.45, 7) is 4.19. The lowest BCUT2D eigenvalue weighted by molar-refractivity contribution is 0.415. The molecule has 0 radical (unpaired) electrons. The topological polar surface area (TPSA) is 39.9 Å². The third-order valence-electron chi connectivity index (χ3n) is 4.76. The fraction of sp³-hybridized carbons (Fsp3) is 0.167. The number of methoxy groups -OCH3 is 1. The Hall–Kier alpha value is -3.05. The van der Waals surface area contributed by atoms with Crippen LogP contribution in [0, 0.1) is 13.8 Å². The van der Waals surface area contributed by atoms with Gasteiger partial charge in [0.05, 0.1) is 7.11 Å².